The van der Waals surface area contributed by atoms with Crippen LogP contribution in [0, 0.1) is 0 Å². The molecule has 23 heavy (non-hydrogen) atoms. The van der Waals surface area contributed by atoms with Crippen LogP contribution in [0.5, 0.6) is 0 Å². The van der Waals surface area contributed by atoms with Crippen molar-refractivity contribution in [3.8, 4) is 0 Å². The van der Waals surface area contributed by atoms with Crippen LogP contribution in [0.3, 0.4) is 0 Å². The molecule has 0 aliphatic heterocycles. The van der Waals surface area contributed by atoms with Gasteiger partial charge in [0.1, 0.15) is 0 Å². The van der Waals surface area contributed by atoms with E-state index >= 15 is 0 Å². The van der Waals surface area contributed by atoms with Crippen LogP contribution < -0.4 is 0 Å². The van der Waals surface area contributed by atoms with E-state index in [0.717, 1.165) is 32.1 Å². The van der Waals surface area contributed by atoms with Crippen LogP contribution in [0.1, 0.15) is 104 Å². The summed E-state index contributed by atoms with van der Waals surface area (Å²) in [7, 11) is -3.28. The van der Waals surface area contributed by atoms with Gasteiger partial charge in [0.05, 0.1) is 12.4 Å². The van der Waals surface area contributed by atoms with E-state index in [2.05, 4.69) is 13.8 Å². The molecule has 0 unspecified atom stereocenters. The third kappa shape index (κ3) is 21.4. The van der Waals surface area contributed by atoms with Gasteiger partial charge >= 0.3 is 0 Å². The van der Waals surface area contributed by atoms with E-state index in [9.17, 15) is 8.42 Å². The van der Waals surface area contributed by atoms with Gasteiger partial charge < -0.3 is 0 Å². The first-order valence-corrected chi connectivity index (χ1v) is 11.1. The monoisotopic (exact) mass is 472 g/mol. The molecule has 0 aromatic heterocycles. The molecular weight excluding hydrogens is 434 g/mol. The first-order chi connectivity index (χ1) is 10.6. The molecule has 0 spiro atoms. The molecule has 0 saturated heterocycles. The van der Waals surface area contributed by atoms with Gasteiger partial charge in [-0.25, -0.2) is 0 Å². The topological polar surface area (TPSA) is 43.4 Å². The Morgan fingerprint density at radius 3 is 1.48 bits per heavy atom. The minimum atomic E-state index is -3.28. The standard InChI is InChI=1S/C18H38O3S.Ba/c1-3-5-7-9-11-13-15-17-21-22(19,20)18-16-14-12-10-8-6-4-2;/h3-18H2,1-2H3;. The normalized spacial score (nSPS) is 11.4. The smallest absolute Gasteiger partial charge is 0.267 e. The quantitative estimate of drug-likeness (QED) is 0.161. The van der Waals surface area contributed by atoms with Crippen molar-refractivity contribution in [3.63, 3.8) is 0 Å². The van der Waals surface area contributed by atoms with Gasteiger partial charge in [-0.05, 0) is 12.8 Å². The second-order valence-electron chi connectivity index (χ2n) is 6.33. The van der Waals surface area contributed by atoms with Gasteiger partial charge in [-0.1, -0.05) is 90.9 Å². The zero-order valence-electron chi connectivity index (χ0n) is 15.7. The Balaban J connectivity index is 0. The van der Waals surface area contributed by atoms with Crippen LogP contribution in [0.15, 0.2) is 0 Å². The van der Waals surface area contributed by atoms with Crippen molar-refractivity contribution in [1.82, 2.24) is 0 Å². The molecule has 0 rings (SSSR count). The second-order valence-corrected chi connectivity index (χ2v) is 8.09. The molecule has 136 valence electrons. The number of hydrogen-bond acceptors (Lipinski definition) is 3. The Kier molecular flexibility index (Phi) is 23.0. The summed E-state index contributed by atoms with van der Waals surface area (Å²) < 4.78 is 28.5. The summed E-state index contributed by atoms with van der Waals surface area (Å²) in [6.07, 6.45) is 16.2. The van der Waals surface area contributed by atoms with Crippen molar-refractivity contribution in [2.24, 2.45) is 0 Å². The summed E-state index contributed by atoms with van der Waals surface area (Å²) in [5, 5.41) is 0. The Hall–Kier alpha value is 1.48. The fraction of sp³-hybridized carbons (Fsp3) is 1.00. The molecule has 0 heterocycles. The maximum Gasteiger partial charge on any atom is 0.267 e. The average molecular weight is 472 g/mol. The molecule has 0 bridgehead atoms. The van der Waals surface area contributed by atoms with Crippen molar-refractivity contribution in [3.05, 3.63) is 0 Å². The fourth-order valence-electron chi connectivity index (χ4n) is 2.54. The van der Waals surface area contributed by atoms with Crippen molar-refractivity contribution in [2.75, 3.05) is 12.4 Å². The van der Waals surface area contributed by atoms with E-state index < -0.39 is 10.1 Å². The first-order valence-electron chi connectivity index (χ1n) is 9.49. The van der Waals surface area contributed by atoms with E-state index in [0.29, 0.717) is 6.61 Å². The molecule has 0 aliphatic rings. The van der Waals surface area contributed by atoms with Crippen molar-refractivity contribution in [1.29, 1.82) is 0 Å². The largest absolute Gasteiger partial charge is 0.270 e. The minimum Gasteiger partial charge on any atom is -0.270 e. The van der Waals surface area contributed by atoms with E-state index in [1.54, 1.807) is 0 Å². The molecule has 0 saturated carbocycles. The van der Waals surface area contributed by atoms with Gasteiger partial charge in [0.15, 0.2) is 0 Å². The first kappa shape index (κ1) is 26.7. The summed E-state index contributed by atoms with van der Waals surface area (Å²) in [5.74, 6) is 0.192. The van der Waals surface area contributed by atoms with Gasteiger partial charge in [-0.2, -0.15) is 8.42 Å². The average Bonchev–Trinajstić information content (AvgIpc) is 2.49. The van der Waals surface area contributed by atoms with Crippen molar-refractivity contribution in [2.45, 2.75) is 104 Å². The summed E-state index contributed by atoms with van der Waals surface area (Å²) in [6, 6.07) is 0. The summed E-state index contributed by atoms with van der Waals surface area (Å²) in [6.45, 7) is 4.78. The van der Waals surface area contributed by atoms with Crippen molar-refractivity contribution < 1.29 is 12.6 Å². The summed E-state index contributed by atoms with van der Waals surface area (Å²) >= 11 is 0. The maximum absolute atomic E-state index is 11.7. The van der Waals surface area contributed by atoms with E-state index in [1.165, 1.54) is 57.8 Å². The third-order valence-corrected chi connectivity index (χ3v) is 5.32. The molecule has 3 nitrogen and oxygen atoms in total. The van der Waals surface area contributed by atoms with E-state index in [1.807, 2.05) is 0 Å². The molecule has 0 fully saturated rings. The van der Waals surface area contributed by atoms with Crippen LogP contribution in [0.25, 0.3) is 0 Å². The Labute approximate surface area is 185 Å². The molecule has 0 atom stereocenters. The van der Waals surface area contributed by atoms with Crippen LogP contribution in [0.4, 0.5) is 0 Å². The van der Waals surface area contributed by atoms with Crippen LogP contribution in [0.2, 0.25) is 0 Å². The molecule has 5 heteroatoms. The predicted octanol–water partition coefficient (Wildman–Crippen LogP) is 5.45. The number of rotatable bonds is 17. The maximum atomic E-state index is 11.7. The SMILES string of the molecule is CCCCCCCCCOS(=O)(=O)CCCCCCCCC.[Ba]. The zero-order chi connectivity index (χ0) is 16.5. The molecule has 0 aromatic carbocycles. The Morgan fingerprint density at radius 2 is 1.00 bits per heavy atom. The molecule has 0 amide bonds. The van der Waals surface area contributed by atoms with Crippen LogP contribution >= 0.6 is 0 Å². The van der Waals surface area contributed by atoms with E-state index in [4.69, 9.17) is 4.18 Å². The molecule has 2 radical (unpaired) electrons. The molecule has 0 aliphatic carbocycles. The zero-order valence-corrected chi connectivity index (χ0v) is 20.9. The number of unbranched alkanes of at least 4 members (excludes halogenated alkanes) is 12. The molecule has 0 N–H and O–H groups in total. The third-order valence-electron chi connectivity index (χ3n) is 4.01. The van der Waals surface area contributed by atoms with Gasteiger partial charge in [0, 0.05) is 48.9 Å². The van der Waals surface area contributed by atoms with Crippen LogP contribution in [-0.4, -0.2) is 69.7 Å². The summed E-state index contributed by atoms with van der Waals surface area (Å²) in [4.78, 5) is 0. The Bertz CT molecular complexity index is 318. The fourth-order valence-corrected chi connectivity index (χ4v) is 3.59. The van der Waals surface area contributed by atoms with Gasteiger partial charge in [-0.3, -0.25) is 4.18 Å². The van der Waals surface area contributed by atoms with Crippen molar-refractivity contribution >= 4 is 59.0 Å². The minimum absolute atomic E-state index is 0. The molecule has 0 aromatic rings. The van der Waals surface area contributed by atoms with Crippen LogP contribution in [-0.2, 0) is 14.3 Å². The Morgan fingerprint density at radius 1 is 0.609 bits per heavy atom. The second kappa shape index (κ2) is 19.8. The van der Waals surface area contributed by atoms with Gasteiger partial charge in [0.25, 0.3) is 10.1 Å². The number of hydrogen-bond donors (Lipinski definition) is 0. The van der Waals surface area contributed by atoms with E-state index in [-0.39, 0.29) is 54.6 Å². The summed E-state index contributed by atoms with van der Waals surface area (Å²) in [5.41, 5.74) is 0. The van der Waals surface area contributed by atoms with Gasteiger partial charge in [0.2, 0.25) is 0 Å². The molecular formula is C18H38BaO3S. The van der Waals surface area contributed by atoms with Gasteiger partial charge in [-0.15, -0.1) is 0 Å². The predicted molar refractivity (Wildman–Crippen MR) is 101 cm³/mol.